The number of nitrogens with zero attached hydrogens (tertiary/aromatic N) is 1. The molecule has 0 unspecified atom stereocenters. The van der Waals surface area contributed by atoms with Gasteiger partial charge in [0.05, 0.1) is 0 Å². The second kappa shape index (κ2) is 12.0. The number of para-hydroxylation sites is 1. The summed E-state index contributed by atoms with van der Waals surface area (Å²) in [6.07, 6.45) is 1.34. The van der Waals surface area contributed by atoms with Crippen LogP contribution in [-0.4, -0.2) is 38.7 Å². The van der Waals surface area contributed by atoms with Gasteiger partial charge in [0, 0.05) is 40.8 Å². The molecule has 0 radical (unpaired) electrons. The van der Waals surface area contributed by atoms with Crippen LogP contribution in [0.15, 0.2) is 60.7 Å². The molecule has 1 saturated heterocycles. The number of halogens is 1. The van der Waals surface area contributed by atoms with Gasteiger partial charge >= 0.3 is 0 Å². The molecule has 6 rings (SSSR count). The molecule has 1 aromatic heterocycles. The van der Waals surface area contributed by atoms with Gasteiger partial charge in [0.25, 0.3) is 0 Å². The maximum atomic E-state index is 15.2. The zero-order chi connectivity index (χ0) is 32.1. The van der Waals surface area contributed by atoms with Gasteiger partial charge in [-0.15, -0.1) is 0 Å². The minimum absolute atomic E-state index is 0.0549. The molecule has 2 amide bonds. The first kappa shape index (κ1) is 31.4. The number of aromatic nitrogens is 1. The Morgan fingerprint density at radius 3 is 2.31 bits per heavy atom. The van der Waals surface area contributed by atoms with Gasteiger partial charge in [-0.1, -0.05) is 67.9 Å². The molecular formula is C38H44FN3O2S. The molecule has 236 valence electrons. The normalized spacial score (nSPS) is 20.2. The average molecular weight is 626 g/mol. The predicted octanol–water partition coefficient (Wildman–Crippen LogP) is 8.60. The molecule has 7 heteroatoms. The molecule has 1 aliphatic carbocycles. The number of carbonyl (C=O) groups excluding carboxylic acids is 2. The van der Waals surface area contributed by atoms with E-state index < -0.39 is 5.54 Å². The smallest absolute Gasteiger partial charge is 0.250 e. The second-order valence-corrected chi connectivity index (χ2v) is 15.0. The maximum Gasteiger partial charge on any atom is 0.250 e. The summed E-state index contributed by atoms with van der Waals surface area (Å²) >= 11 is 1.80. The number of rotatable bonds is 8. The largest absolute Gasteiger partial charge is 0.358 e. The number of hydrogen-bond donors (Lipinski definition) is 2. The lowest BCUT2D eigenvalue weighted by molar-refractivity contribution is -0.147. The fourth-order valence-electron chi connectivity index (χ4n) is 7.91. The van der Waals surface area contributed by atoms with Crippen LogP contribution in [0.4, 0.5) is 10.1 Å². The van der Waals surface area contributed by atoms with Gasteiger partial charge in [-0.25, -0.2) is 4.39 Å². The highest BCUT2D eigenvalue weighted by Gasteiger charge is 2.60. The minimum atomic E-state index is -1.08. The van der Waals surface area contributed by atoms with Crippen LogP contribution in [-0.2, 0) is 16.1 Å². The van der Waals surface area contributed by atoms with Gasteiger partial charge in [-0.2, -0.15) is 11.8 Å². The van der Waals surface area contributed by atoms with E-state index in [1.54, 1.807) is 34.9 Å². The van der Waals surface area contributed by atoms with Gasteiger partial charge in [-0.05, 0) is 98.1 Å². The van der Waals surface area contributed by atoms with Crippen LogP contribution in [0.25, 0.3) is 10.9 Å². The number of thioether (sulfide) groups is 1. The number of aryl methyl sites for hydroxylation is 4. The summed E-state index contributed by atoms with van der Waals surface area (Å²) in [5.74, 6) is 1.19. The summed E-state index contributed by atoms with van der Waals surface area (Å²) < 4.78 is 15.2. The zero-order valence-electron chi connectivity index (χ0n) is 27.2. The van der Waals surface area contributed by atoms with Gasteiger partial charge in [0.2, 0.25) is 11.8 Å². The van der Waals surface area contributed by atoms with E-state index in [0.29, 0.717) is 24.8 Å². The standard InChI is InChI=1S/C38H44FN3O2S/c1-23-19-24(2)35(25(3)20-23)41-36(44)38(15-17-45-18-16-38)42(22-27-11-7-9-13-30(27)39)32(43)21-29-34(37(29,5)6)33-26(4)40-31-14-10-8-12-28(31)33/h7-14,19-20,29,34,40H,15-18,21-22H2,1-6H3,(H,41,44)/t29-,34+/m1/s1. The fraction of sp³-hybridized carbons (Fsp3) is 0.421. The van der Waals surface area contributed by atoms with Crippen molar-refractivity contribution in [1.29, 1.82) is 0 Å². The Morgan fingerprint density at radius 2 is 1.62 bits per heavy atom. The van der Waals surface area contributed by atoms with E-state index in [0.717, 1.165) is 45.1 Å². The molecule has 3 aromatic carbocycles. The highest BCUT2D eigenvalue weighted by molar-refractivity contribution is 7.99. The number of nitrogens with one attached hydrogen (secondary N) is 2. The molecule has 4 aromatic rings. The third-order valence-electron chi connectivity index (χ3n) is 10.5. The van der Waals surface area contributed by atoms with Crippen molar-refractivity contribution in [2.45, 2.75) is 78.8 Å². The molecular weight excluding hydrogens is 582 g/mol. The van der Waals surface area contributed by atoms with Crippen molar-refractivity contribution in [3.8, 4) is 0 Å². The third kappa shape index (κ3) is 5.69. The summed E-state index contributed by atoms with van der Waals surface area (Å²) in [6, 6.07) is 19.1. The Kier molecular flexibility index (Phi) is 8.36. The van der Waals surface area contributed by atoms with Crippen molar-refractivity contribution in [3.05, 3.63) is 100.0 Å². The van der Waals surface area contributed by atoms with Crippen molar-refractivity contribution < 1.29 is 14.0 Å². The topological polar surface area (TPSA) is 65.2 Å². The number of carbonyl (C=O) groups is 2. The number of amides is 2. The number of H-pyrrole nitrogens is 1. The SMILES string of the molecule is Cc1cc(C)c(NC(=O)C2(N(Cc3ccccc3F)C(=O)C[C@@H]3[C@@H](c4c(C)[nH]c5ccccc45)C3(C)C)CCSCC2)c(C)c1. The van der Waals surface area contributed by atoms with Gasteiger partial charge in [0.1, 0.15) is 11.4 Å². The Morgan fingerprint density at radius 1 is 0.978 bits per heavy atom. The molecule has 2 heterocycles. The van der Waals surface area contributed by atoms with Crippen LogP contribution in [0.2, 0.25) is 0 Å². The highest BCUT2D eigenvalue weighted by atomic mass is 32.2. The zero-order valence-corrected chi connectivity index (χ0v) is 28.0. The van der Waals surface area contributed by atoms with Crippen molar-refractivity contribution in [2.24, 2.45) is 11.3 Å². The summed E-state index contributed by atoms with van der Waals surface area (Å²) in [5.41, 5.74) is 6.68. The first-order valence-corrected chi connectivity index (χ1v) is 17.2. The van der Waals surface area contributed by atoms with E-state index in [-0.39, 0.29) is 41.4 Å². The van der Waals surface area contributed by atoms with Crippen molar-refractivity contribution in [2.75, 3.05) is 16.8 Å². The minimum Gasteiger partial charge on any atom is -0.358 e. The maximum absolute atomic E-state index is 15.2. The molecule has 5 nitrogen and oxygen atoms in total. The number of aromatic amines is 1. The summed E-state index contributed by atoms with van der Waals surface area (Å²) in [4.78, 5) is 34.5. The van der Waals surface area contributed by atoms with E-state index in [1.165, 1.54) is 17.0 Å². The van der Waals surface area contributed by atoms with Gasteiger partial charge < -0.3 is 15.2 Å². The van der Waals surface area contributed by atoms with Gasteiger partial charge in [-0.3, -0.25) is 9.59 Å². The fourth-order valence-corrected chi connectivity index (χ4v) is 9.07. The van der Waals surface area contributed by atoms with Gasteiger partial charge in [0.15, 0.2) is 0 Å². The Bertz CT molecular complexity index is 1750. The molecule has 0 spiro atoms. The van der Waals surface area contributed by atoms with Crippen LogP contribution in [0.3, 0.4) is 0 Å². The molecule has 1 aliphatic heterocycles. The first-order valence-electron chi connectivity index (χ1n) is 16.0. The molecule has 2 N–H and O–H groups in total. The lowest BCUT2D eigenvalue weighted by atomic mass is 9.86. The number of anilines is 1. The van der Waals surface area contributed by atoms with E-state index in [2.05, 4.69) is 61.4 Å². The monoisotopic (exact) mass is 625 g/mol. The summed E-state index contributed by atoms with van der Waals surface area (Å²) in [7, 11) is 0. The molecule has 45 heavy (non-hydrogen) atoms. The Hall–Kier alpha value is -3.58. The summed E-state index contributed by atoms with van der Waals surface area (Å²) in [6.45, 7) is 12.7. The highest BCUT2D eigenvalue weighted by Crippen LogP contribution is 2.67. The predicted molar refractivity (Wildman–Crippen MR) is 183 cm³/mol. The van der Waals surface area contributed by atoms with E-state index in [4.69, 9.17) is 0 Å². The van der Waals surface area contributed by atoms with Crippen LogP contribution in [0.1, 0.15) is 72.5 Å². The summed E-state index contributed by atoms with van der Waals surface area (Å²) in [5, 5.41) is 4.46. The third-order valence-corrected chi connectivity index (χ3v) is 11.4. The van der Waals surface area contributed by atoms with Crippen LogP contribution >= 0.6 is 11.8 Å². The molecule has 2 atom stereocenters. The Labute approximate surface area is 270 Å². The lowest BCUT2D eigenvalue weighted by Gasteiger charge is -2.45. The average Bonchev–Trinajstić information content (AvgIpc) is 3.35. The molecule has 2 aliphatic rings. The van der Waals surface area contributed by atoms with Crippen LogP contribution < -0.4 is 5.32 Å². The van der Waals surface area contributed by atoms with E-state index in [9.17, 15) is 9.59 Å². The molecule has 2 fully saturated rings. The van der Waals surface area contributed by atoms with E-state index in [1.807, 2.05) is 26.8 Å². The van der Waals surface area contributed by atoms with Crippen LogP contribution in [0.5, 0.6) is 0 Å². The molecule has 0 bridgehead atoms. The van der Waals surface area contributed by atoms with Crippen molar-refractivity contribution in [3.63, 3.8) is 0 Å². The van der Waals surface area contributed by atoms with Crippen molar-refractivity contribution in [1.82, 2.24) is 9.88 Å². The van der Waals surface area contributed by atoms with Crippen LogP contribution in [0, 0.1) is 44.8 Å². The first-order chi connectivity index (χ1) is 21.4. The number of fused-ring (bicyclic) bond motifs is 1. The lowest BCUT2D eigenvalue weighted by Crippen LogP contribution is -2.60. The van der Waals surface area contributed by atoms with E-state index >= 15 is 4.39 Å². The number of hydrogen-bond acceptors (Lipinski definition) is 3. The quantitative estimate of drug-likeness (QED) is 0.206. The van der Waals surface area contributed by atoms with Crippen molar-refractivity contribution >= 4 is 40.2 Å². The second-order valence-electron chi connectivity index (χ2n) is 13.8. The Balaban J connectivity index is 1.37. The number of benzene rings is 3. The molecule has 1 saturated carbocycles.